The summed E-state index contributed by atoms with van der Waals surface area (Å²) in [7, 11) is 3.18. The van der Waals surface area contributed by atoms with Crippen molar-refractivity contribution < 1.29 is 14.3 Å². The molecule has 156 valence electrons. The number of rotatable bonds is 5. The van der Waals surface area contributed by atoms with Crippen LogP contribution in [0.5, 0.6) is 11.6 Å². The maximum absolute atomic E-state index is 13.0. The maximum atomic E-state index is 13.0. The first-order valence-electron chi connectivity index (χ1n) is 9.79. The fourth-order valence-electron chi connectivity index (χ4n) is 3.70. The van der Waals surface area contributed by atoms with Crippen LogP contribution in [0.1, 0.15) is 12.8 Å². The van der Waals surface area contributed by atoms with Crippen molar-refractivity contribution in [1.29, 1.82) is 0 Å². The zero-order valence-electron chi connectivity index (χ0n) is 16.9. The summed E-state index contributed by atoms with van der Waals surface area (Å²) in [5, 5.41) is 3.01. The van der Waals surface area contributed by atoms with Gasteiger partial charge in [0.1, 0.15) is 5.75 Å². The SMILES string of the molecule is COc1cc(Br)ccc1NC(=O)[C@H]1CCCN(c2nc3ccccc3nc2OC)C1. The maximum Gasteiger partial charge on any atom is 0.257 e. The van der Waals surface area contributed by atoms with Gasteiger partial charge in [0, 0.05) is 17.6 Å². The Bertz CT molecular complexity index is 1080. The number of halogens is 1. The Morgan fingerprint density at radius 1 is 1.13 bits per heavy atom. The van der Waals surface area contributed by atoms with E-state index < -0.39 is 0 Å². The zero-order valence-corrected chi connectivity index (χ0v) is 18.5. The molecule has 4 rings (SSSR count). The van der Waals surface area contributed by atoms with Gasteiger partial charge in [0.25, 0.3) is 5.88 Å². The molecule has 3 aromatic rings. The van der Waals surface area contributed by atoms with E-state index in [1.807, 2.05) is 42.5 Å². The smallest absolute Gasteiger partial charge is 0.257 e. The highest BCUT2D eigenvalue weighted by Gasteiger charge is 2.29. The Morgan fingerprint density at radius 3 is 2.63 bits per heavy atom. The van der Waals surface area contributed by atoms with Crippen molar-refractivity contribution in [2.75, 3.05) is 37.5 Å². The summed E-state index contributed by atoms with van der Waals surface area (Å²) < 4.78 is 11.8. The van der Waals surface area contributed by atoms with Gasteiger partial charge in [-0.25, -0.2) is 9.97 Å². The second-order valence-corrected chi connectivity index (χ2v) is 8.08. The first-order chi connectivity index (χ1) is 14.6. The summed E-state index contributed by atoms with van der Waals surface area (Å²) >= 11 is 3.42. The third kappa shape index (κ3) is 4.18. The molecule has 0 unspecified atom stereocenters. The normalized spacial score (nSPS) is 16.4. The van der Waals surface area contributed by atoms with Crippen LogP contribution in [0, 0.1) is 5.92 Å². The van der Waals surface area contributed by atoms with Crippen molar-refractivity contribution in [2.45, 2.75) is 12.8 Å². The van der Waals surface area contributed by atoms with Gasteiger partial charge in [-0.2, -0.15) is 0 Å². The van der Waals surface area contributed by atoms with Crippen LogP contribution in [-0.4, -0.2) is 43.2 Å². The molecule has 7 nitrogen and oxygen atoms in total. The van der Waals surface area contributed by atoms with Gasteiger partial charge in [0.05, 0.1) is 36.9 Å². The van der Waals surface area contributed by atoms with Crippen LogP contribution in [0.2, 0.25) is 0 Å². The third-order valence-electron chi connectivity index (χ3n) is 5.23. The highest BCUT2D eigenvalue weighted by Crippen LogP contribution is 2.32. The van der Waals surface area contributed by atoms with Crippen LogP contribution in [0.25, 0.3) is 11.0 Å². The lowest BCUT2D eigenvalue weighted by Crippen LogP contribution is -2.41. The van der Waals surface area contributed by atoms with E-state index in [-0.39, 0.29) is 11.8 Å². The number of nitrogens with zero attached hydrogens (tertiary/aromatic N) is 3. The van der Waals surface area contributed by atoms with Gasteiger partial charge < -0.3 is 19.7 Å². The number of fused-ring (bicyclic) bond motifs is 1. The summed E-state index contributed by atoms with van der Waals surface area (Å²) in [4.78, 5) is 24.4. The Balaban J connectivity index is 1.55. The monoisotopic (exact) mass is 470 g/mol. The number of anilines is 2. The number of benzene rings is 2. The molecule has 1 aliphatic heterocycles. The Morgan fingerprint density at radius 2 is 1.90 bits per heavy atom. The predicted octanol–water partition coefficient (Wildman–Crippen LogP) is 4.26. The largest absolute Gasteiger partial charge is 0.495 e. The molecule has 2 heterocycles. The van der Waals surface area contributed by atoms with Crippen molar-refractivity contribution in [2.24, 2.45) is 5.92 Å². The first kappa shape index (κ1) is 20.4. The summed E-state index contributed by atoms with van der Waals surface area (Å²) in [6.45, 7) is 1.35. The molecule has 0 spiro atoms. The quantitative estimate of drug-likeness (QED) is 0.599. The van der Waals surface area contributed by atoms with Crippen LogP contribution in [0.4, 0.5) is 11.5 Å². The van der Waals surface area contributed by atoms with Gasteiger partial charge >= 0.3 is 0 Å². The average molecular weight is 471 g/mol. The number of hydrogen-bond acceptors (Lipinski definition) is 6. The molecular formula is C22H23BrN4O3. The number of para-hydroxylation sites is 2. The van der Waals surface area contributed by atoms with E-state index in [4.69, 9.17) is 14.5 Å². The molecule has 1 amide bonds. The van der Waals surface area contributed by atoms with E-state index in [0.717, 1.165) is 34.9 Å². The van der Waals surface area contributed by atoms with E-state index >= 15 is 0 Å². The Labute approximate surface area is 183 Å². The standard InChI is InChI=1S/C22H23BrN4O3/c1-29-19-12-15(23)9-10-18(19)25-21(28)14-6-5-11-27(13-14)20-22(30-2)26-17-8-4-3-7-16(17)24-20/h3-4,7-10,12,14H,5-6,11,13H2,1-2H3,(H,25,28)/t14-/m0/s1. The molecule has 1 aliphatic rings. The highest BCUT2D eigenvalue weighted by atomic mass is 79.9. The van der Waals surface area contributed by atoms with E-state index in [9.17, 15) is 4.79 Å². The fraction of sp³-hybridized carbons (Fsp3) is 0.318. The summed E-state index contributed by atoms with van der Waals surface area (Å²) in [6.07, 6.45) is 1.69. The number of piperidine rings is 1. The molecule has 1 saturated heterocycles. The van der Waals surface area contributed by atoms with Crippen molar-refractivity contribution in [3.8, 4) is 11.6 Å². The fourth-order valence-corrected chi connectivity index (χ4v) is 4.04. The lowest BCUT2D eigenvalue weighted by Gasteiger charge is -2.33. The molecule has 0 aliphatic carbocycles. The molecule has 30 heavy (non-hydrogen) atoms. The van der Waals surface area contributed by atoms with E-state index in [0.29, 0.717) is 29.7 Å². The topological polar surface area (TPSA) is 76.6 Å². The number of ether oxygens (including phenoxy) is 2. The van der Waals surface area contributed by atoms with Crippen LogP contribution in [-0.2, 0) is 4.79 Å². The van der Waals surface area contributed by atoms with E-state index in [2.05, 4.69) is 31.1 Å². The van der Waals surface area contributed by atoms with Gasteiger partial charge in [0.15, 0.2) is 5.82 Å². The van der Waals surface area contributed by atoms with Crippen LogP contribution in [0.3, 0.4) is 0 Å². The molecule has 8 heteroatoms. The number of carbonyl (C=O) groups is 1. The van der Waals surface area contributed by atoms with Gasteiger partial charge in [-0.1, -0.05) is 28.1 Å². The summed E-state index contributed by atoms with van der Waals surface area (Å²) in [6, 6.07) is 13.2. The van der Waals surface area contributed by atoms with Crippen molar-refractivity contribution in [1.82, 2.24) is 9.97 Å². The second-order valence-electron chi connectivity index (χ2n) is 7.16. The van der Waals surface area contributed by atoms with Crippen molar-refractivity contribution in [3.05, 3.63) is 46.9 Å². The van der Waals surface area contributed by atoms with E-state index in [1.165, 1.54) is 0 Å². The number of methoxy groups -OCH3 is 2. The minimum absolute atomic E-state index is 0.0342. The summed E-state index contributed by atoms with van der Waals surface area (Å²) in [5.41, 5.74) is 2.25. The Hall–Kier alpha value is -2.87. The number of aromatic nitrogens is 2. The number of carbonyl (C=O) groups excluding carboxylic acids is 1. The van der Waals surface area contributed by atoms with Crippen LogP contribution in [0.15, 0.2) is 46.9 Å². The van der Waals surface area contributed by atoms with Gasteiger partial charge in [-0.15, -0.1) is 0 Å². The first-order valence-corrected chi connectivity index (χ1v) is 10.6. The summed E-state index contributed by atoms with van der Waals surface area (Å²) in [5.74, 6) is 1.56. The molecular weight excluding hydrogens is 448 g/mol. The van der Waals surface area contributed by atoms with Gasteiger partial charge in [0.2, 0.25) is 5.91 Å². The Kier molecular flexibility index (Phi) is 6.03. The van der Waals surface area contributed by atoms with Crippen molar-refractivity contribution >= 4 is 44.4 Å². The van der Waals surface area contributed by atoms with Gasteiger partial charge in [-0.3, -0.25) is 4.79 Å². The molecule has 0 radical (unpaired) electrons. The highest BCUT2D eigenvalue weighted by molar-refractivity contribution is 9.10. The molecule has 1 aromatic heterocycles. The molecule has 0 saturated carbocycles. The second kappa shape index (κ2) is 8.87. The number of nitrogens with one attached hydrogen (secondary N) is 1. The molecule has 1 fully saturated rings. The van der Waals surface area contributed by atoms with Crippen LogP contribution >= 0.6 is 15.9 Å². The van der Waals surface area contributed by atoms with Crippen molar-refractivity contribution in [3.63, 3.8) is 0 Å². The lowest BCUT2D eigenvalue weighted by molar-refractivity contribution is -0.120. The molecule has 1 atom stereocenters. The molecule has 2 aromatic carbocycles. The minimum Gasteiger partial charge on any atom is -0.495 e. The number of hydrogen-bond donors (Lipinski definition) is 1. The third-order valence-corrected chi connectivity index (χ3v) is 5.72. The molecule has 1 N–H and O–H groups in total. The predicted molar refractivity (Wildman–Crippen MR) is 120 cm³/mol. The van der Waals surface area contributed by atoms with E-state index in [1.54, 1.807) is 14.2 Å². The lowest BCUT2D eigenvalue weighted by atomic mass is 9.97. The zero-order chi connectivity index (χ0) is 21.1. The molecule has 0 bridgehead atoms. The minimum atomic E-state index is -0.176. The number of amides is 1. The van der Waals surface area contributed by atoms with Crippen LogP contribution < -0.4 is 19.7 Å². The van der Waals surface area contributed by atoms with Gasteiger partial charge in [-0.05, 0) is 43.2 Å². The average Bonchev–Trinajstić information content (AvgIpc) is 2.79.